The van der Waals surface area contributed by atoms with Gasteiger partial charge < -0.3 is 15.0 Å². The van der Waals surface area contributed by atoms with Gasteiger partial charge in [-0.25, -0.2) is 0 Å². The van der Waals surface area contributed by atoms with E-state index in [0.717, 1.165) is 43.0 Å². The second-order valence-electron chi connectivity index (χ2n) is 6.77. The van der Waals surface area contributed by atoms with E-state index in [1.807, 2.05) is 16.8 Å². The molecule has 0 aliphatic heterocycles. The monoisotopic (exact) mass is 354 g/mol. The van der Waals surface area contributed by atoms with Crippen molar-refractivity contribution < 1.29 is 9.90 Å². The molecule has 0 aromatic carbocycles. The molecule has 4 nitrogen and oxygen atoms in total. The third-order valence-corrected chi connectivity index (χ3v) is 5.20. The average molecular weight is 355 g/mol. The van der Waals surface area contributed by atoms with Gasteiger partial charge in [-0.15, -0.1) is 0 Å². The van der Waals surface area contributed by atoms with Gasteiger partial charge in [0.05, 0.1) is 5.60 Å². The van der Waals surface area contributed by atoms with Crippen molar-refractivity contribution in [3.8, 4) is 0 Å². The fourth-order valence-corrected chi connectivity index (χ4v) is 3.53. The first-order chi connectivity index (χ1) is 9.97. The van der Waals surface area contributed by atoms with Crippen molar-refractivity contribution in [2.45, 2.75) is 57.1 Å². The fourth-order valence-electron chi connectivity index (χ4n) is 3.09. The lowest BCUT2D eigenvalue weighted by Gasteiger charge is -2.34. The number of aliphatic hydroxyl groups is 1. The van der Waals surface area contributed by atoms with Gasteiger partial charge in [-0.1, -0.05) is 6.92 Å². The van der Waals surface area contributed by atoms with E-state index in [9.17, 15) is 9.90 Å². The molecular formula is C16H23BrN2O2. The molecule has 2 N–H and O–H groups in total. The number of halogens is 1. The summed E-state index contributed by atoms with van der Waals surface area (Å²) in [6, 6.07) is 2.33. The molecule has 0 radical (unpaired) electrons. The van der Waals surface area contributed by atoms with E-state index >= 15 is 0 Å². The Kier molecular flexibility index (Phi) is 4.14. The van der Waals surface area contributed by atoms with Crippen LogP contribution in [-0.4, -0.2) is 27.7 Å². The van der Waals surface area contributed by atoms with Crippen LogP contribution in [0, 0.1) is 5.92 Å². The standard InChI is InChI=1S/C16H23BrN2O2/c1-11-4-6-16(21,7-5-11)10-18-15(20)14-8-12(17)9-19(14)13-2-3-13/h8-9,11,13,21H,2-7,10H2,1H3,(H,18,20). The zero-order valence-electron chi connectivity index (χ0n) is 12.4. The molecule has 2 saturated carbocycles. The molecule has 1 amide bonds. The van der Waals surface area contributed by atoms with Gasteiger partial charge in [0.1, 0.15) is 5.69 Å². The van der Waals surface area contributed by atoms with Crippen molar-refractivity contribution in [1.82, 2.24) is 9.88 Å². The lowest BCUT2D eigenvalue weighted by Crippen LogP contribution is -2.45. The molecule has 116 valence electrons. The predicted molar refractivity (Wildman–Crippen MR) is 85.3 cm³/mol. The van der Waals surface area contributed by atoms with Crippen LogP contribution in [0.1, 0.15) is 62.0 Å². The van der Waals surface area contributed by atoms with Gasteiger partial charge in [-0.05, 0) is 66.4 Å². The second kappa shape index (κ2) is 5.76. The summed E-state index contributed by atoms with van der Waals surface area (Å²) < 4.78 is 2.98. The summed E-state index contributed by atoms with van der Waals surface area (Å²) in [5, 5.41) is 13.5. The van der Waals surface area contributed by atoms with Gasteiger partial charge in [-0.3, -0.25) is 4.79 Å². The third kappa shape index (κ3) is 3.51. The van der Waals surface area contributed by atoms with Crippen LogP contribution in [0.2, 0.25) is 0 Å². The summed E-state index contributed by atoms with van der Waals surface area (Å²) in [5.74, 6) is 0.601. The molecule has 0 bridgehead atoms. The molecule has 0 unspecified atom stereocenters. The SMILES string of the molecule is CC1CCC(O)(CNC(=O)c2cc(Br)cn2C2CC2)CC1. The average Bonchev–Trinajstić information content (AvgIpc) is 3.23. The lowest BCUT2D eigenvalue weighted by molar-refractivity contribution is -0.00546. The molecule has 2 fully saturated rings. The van der Waals surface area contributed by atoms with Crippen molar-refractivity contribution in [3.05, 3.63) is 22.4 Å². The van der Waals surface area contributed by atoms with Crippen molar-refractivity contribution in [2.75, 3.05) is 6.54 Å². The molecular weight excluding hydrogens is 332 g/mol. The molecule has 21 heavy (non-hydrogen) atoms. The fraction of sp³-hybridized carbons (Fsp3) is 0.688. The zero-order valence-corrected chi connectivity index (χ0v) is 14.0. The van der Waals surface area contributed by atoms with Crippen LogP contribution in [0.3, 0.4) is 0 Å². The quantitative estimate of drug-likeness (QED) is 0.871. The number of carbonyl (C=O) groups is 1. The molecule has 1 heterocycles. The largest absolute Gasteiger partial charge is 0.388 e. The van der Waals surface area contributed by atoms with Crippen LogP contribution < -0.4 is 5.32 Å². The zero-order chi connectivity index (χ0) is 15.0. The molecule has 0 spiro atoms. The van der Waals surface area contributed by atoms with E-state index in [1.165, 1.54) is 0 Å². The number of nitrogens with one attached hydrogen (secondary N) is 1. The number of amides is 1. The summed E-state index contributed by atoms with van der Waals surface area (Å²) in [4.78, 5) is 12.4. The Bertz CT molecular complexity index is 528. The normalized spacial score (nSPS) is 29.4. The maximum atomic E-state index is 12.4. The molecule has 2 aliphatic rings. The van der Waals surface area contributed by atoms with E-state index in [0.29, 0.717) is 24.2 Å². The molecule has 2 aliphatic carbocycles. The summed E-state index contributed by atoms with van der Waals surface area (Å²) in [6.07, 6.45) is 7.90. The summed E-state index contributed by atoms with van der Waals surface area (Å²) in [5.41, 5.74) is -0.0340. The minimum atomic E-state index is -0.726. The van der Waals surface area contributed by atoms with Crippen molar-refractivity contribution in [1.29, 1.82) is 0 Å². The van der Waals surface area contributed by atoms with E-state index in [2.05, 4.69) is 28.2 Å². The Morgan fingerprint density at radius 1 is 1.43 bits per heavy atom. The summed E-state index contributed by atoms with van der Waals surface area (Å²) in [6.45, 7) is 2.57. The van der Waals surface area contributed by atoms with Crippen LogP contribution in [0.5, 0.6) is 0 Å². The Balaban J connectivity index is 1.61. The van der Waals surface area contributed by atoms with Crippen LogP contribution in [0.15, 0.2) is 16.7 Å². The Hall–Kier alpha value is -0.810. The molecule has 3 rings (SSSR count). The lowest BCUT2D eigenvalue weighted by atomic mass is 9.79. The first-order valence-corrected chi connectivity index (χ1v) is 8.64. The van der Waals surface area contributed by atoms with Gasteiger partial charge in [-0.2, -0.15) is 0 Å². The predicted octanol–water partition coefficient (Wildman–Crippen LogP) is 3.26. The first-order valence-electron chi connectivity index (χ1n) is 7.85. The minimum absolute atomic E-state index is 0.0837. The van der Waals surface area contributed by atoms with Gasteiger partial charge in [0.15, 0.2) is 0 Å². The van der Waals surface area contributed by atoms with Crippen LogP contribution in [-0.2, 0) is 0 Å². The van der Waals surface area contributed by atoms with Gasteiger partial charge in [0.2, 0.25) is 0 Å². The Morgan fingerprint density at radius 2 is 2.10 bits per heavy atom. The van der Waals surface area contributed by atoms with E-state index in [4.69, 9.17) is 0 Å². The highest BCUT2D eigenvalue weighted by Gasteiger charge is 2.33. The van der Waals surface area contributed by atoms with E-state index < -0.39 is 5.60 Å². The maximum absolute atomic E-state index is 12.4. The van der Waals surface area contributed by atoms with E-state index in [-0.39, 0.29) is 5.91 Å². The number of aromatic nitrogens is 1. The highest BCUT2D eigenvalue weighted by Crippen LogP contribution is 2.37. The molecule has 0 atom stereocenters. The topological polar surface area (TPSA) is 54.3 Å². The smallest absolute Gasteiger partial charge is 0.268 e. The van der Waals surface area contributed by atoms with E-state index in [1.54, 1.807) is 0 Å². The molecule has 0 saturated heterocycles. The van der Waals surface area contributed by atoms with Gasteiger partial charge >= 0.3 is 0 Å². The van der Waals surface area contributed by atoms with Crippen LogP contribution >= 0.6 is 15.9 Å². The highest BCUT2D eigenvalue weighted by molar-refractivity contribution is 9.10. The maximum Gasteiger partial charge on any atom is 0.268 e. The number of nitrogens with zero attached hydrogens (tertiary/aromatic N) is 1. The summed E-state index contributed by atoms with van der Waals surface area (Å²) in [7, 11) is 0. The van der Waals surface area contributed by atoms with Crippen molar-refractivity contribution in [3.63, 3.8) is 0 Å². The number of hydrogen-bond acceptors (Lipinski definition) is 2. The van der Waals surface area contributed by atoms with Gasteiger partial charge in [0.25, 0.3) is 5.91 Å². The van der Waals surface area contributed by atoms with Crippen molar-refractivity contribution >= 4 is 21.8 Å². The third-order valence-electron chi connectivity index (χ3n) is 4.77. The number of hydrogen-bond donors (Lipinski definition) is 2. The Labute approximate surface area is 134 Å². The first kappa shape index (κ1) is 15.1. The number of carbonyl (C=O) groups excluding carboxylic acids is 1. The highest BCUT2D eigenvalue weighted by atomic mass is 79.9. The summed E-state index contributed by atoms with van der Waals surface area (Å²) >= 11 is 3.44. The minimum Gasteiger partial charge on any atom is -0.388 e. The molecule has 1 aromatic heterocycles. The second-order valence-corrected chi connectivity index (χ2v) is 7.69. The van der Waals surface area contributed by atoms with Crippen LogP contribution in [0.25, 0.3) is 0 Å². The van der Waals surface area contributed by atoms with Crippen LogP contribution in [0.4, 0.5) is 0 Å². The number of rotatable bonds is 4. The Morgan fingerprint density at radius 3 is 2.71 bits per heavy atom. The van der Waals surface area contributed by atoms with Gasteiger partial charge in [0, 0.05) is 23.3 Å². The van der Waals surface area contributed by atoms with Crippen molar-refractivity contribution in [2.24, 2.45) is 5.92 Å². The molecule has 5 heteroatoms. The molecule has 1 aromatic rings.